The number of carbonyl (C=O) groups is 2. The molecular formula is C16H24BrNO3. The summed E-state index contributed by atoms with van der Waals surface area (Å²) in [5.74, 6) is 0.916. The molecule has 0 radical (unpaired) electrons. The van der Waals surface area contributed by atoms with E-state index in [0.717, 1.165) is 19.3 Å². The quantitative estimate of drug-likeness (QED) is 0.621. The van der Waals surface area contributed by atoms with Gasteiger partial charge in [0.15, 0.2) is 6.10 Å². The van der Waals surface area contributed by atoms with E-state index in [9.17, 15) is 9.59 Å². The Morgan fingerprint density at radius 3 is 2.43 bits per heavy atom. The van der Waals surface area contributed by atoms with Crippen molar-refractivity contribution in [1.82, 2.24) is 5.32 Å². The molecular weight excluding hydrogens is 334 g/mol. The lowest BCUT2D eigenvalue weighted by Gasteiger charge is -2.58. The molecule has 0 heterocycles. The van der Waals surface area contributed by atoms with E-state index < -0.39 is 6.10 Å². The maximum absolute atomic E-state index is 12.7. The van der Waals surface area contributed by atoms with Crippen molar-refractivity contribution in [3.63, 3.8) is 0 Å². The van der Waals surface area contributed by atoms with E-state index in [1.54, 1.807) is 6.92 Å². The van der Waals surface area contributed by atoms with Gasteiger partial charge in [-0.1, -0.05) is 15.9 Å². The molecule has 1 amide bonds. The molecule has 4 bridgehead atoms. The third-order valence-electron chi connectivity index (χ3n) is 5.43. The number of amides is 1. The topological polar surface area (TPSA) is 55.4 Å². The van der Waals surface area contributed by atoms with Gasteiger partial charge in [0.1, 0.15) is 0 Å². The molecule has 21 heavy (non-hydrogen) atoms. The SMILES string of the molecule is CCNC(=O)[C@H](C)OC(=O)C12C[C@@H]3C[C@@H](CC(Br)(C3)C1)C2. The molecule has 5 heteroatoms. The summed E-state index contributed by atoms with van der Waals surface area (Å²) in [5, 5.41) is 2.71. The average Bonchev–Trinajstić information content (AvgIpc) is 2.35. The fourth-order valence-corrected chi connectivity index (χ4v) is 6.50. The van der Waals surface area contributed by atoms with Crippen molar-refractivity contribution in [3.05, 3.63) is 0 Å². The lowest BCUT2D eigenvalue weighted by molar-refractivity contribution is -0.176. The van der Waals surface area contributed by atoms with Crippen LogP contribution in [0, 0.1) is 17.3 Å². The molecule has 0 spiro atoms. The van der Waals surface area contributed by atoms with Crippen LogP contribution in [0.15, 0.2) is 0 Å². The highest BCUT2D eigenvalue weighted by molar-refractivity contribution is 9.10. The third kappa shape index (κ3) is 2.73. The number of nitrogens with one attached hydrogen (secondary N) is 1. The number of esters is 1. The summed E-state index contributed by atoms with van der Waals surface area (Å²) in [6, 6.07) is 0. The number of rotatable bonds is 4. The molecule has 0 aromatic heterocycles. The van der Waals surface area contributed by atoms with Crippen LogP contribution < -0.4 is 5.32 Å². The van der Waals surface area contributed by atoms with Gasteiger partial charge in [0, 0.05) is 10.9 Å². The zero-order chi connectivity index (χ0) is 15.3. The Balaban J connectivity index is 1.71. The van der Waals surface area contributed by atoms with Crippen molar-refractivity contribution in [2.24, 2.45) is 17.3 Å². The molecule has 118 valence electrons. The van der Waals surface area contributed by atoms with Crippen LogP contribution in [-0.4, -0.2) is 28.8 Å². The van der Waals surface area contributed by atoms with Crippen LogP contribution in [0.1, 0.15) is 52.4 Å². The molecule has 4 saturated carbocycles. The first-order chi connectivity index (χ1) is 9.86. The number of alkyl halides is 1. The normalized spacial score (nSPS) is 41.7. The van der Waals surface area contributed by atoms with E-state index in [-0.39, 0.29) is 21.6 Å². The Bertz CT molecular complexity index is 450. The van der Waals surface area contributed by atoms with Crippen molar-refractivity contribution in [3.8, 4) is 0 Å². The summed E-state index contributed by atoms with van der Waals surface area (Å²) in [7, 11) is 0. The lowest BCUT2D eigenvalue weighted by atomic mass is 9.49. The van der Waals surface area contributed by atoms with Crippen LogP contribution in [0.3, 0.4) is 0 Å². The monoisotopic (exact) mass is 357 g/mol. The predicted molar refractivity (Wildman–Crippen MR) is 83.0 cm³/mol. The first-order valence-corrected chi connectivity index (χ1v) is 8.83. The molecule has 4 fully saturated rings. The van der Waals surface area contributed by atoms with Crippen LogP contribution in [-0.2, 0) is 14.3 Å². The summed E-state index contributed by atoms with van der Waals surface area (Å²) < 4.78 is 5.65. The van der Waals surface area contributed by atoms with Gasteiger partial charge in [0.05, 0.1) is 5.41 Å². The summed E-state index contributed by atoms with van der Waals surface area (Å²) in [5.41, 5.74) is -0.353. The van der Waals surface area contributed by atoms with Gasteiger partial charge < -0.3 is 10.1 Å². The molecule has 0 saturated heterocycles. The summed E-state index contributed by atoms with van der Waals surface area (Å²) in [6.07, 6.45) is 5.68. The van der Waals surface area contributed by atoms with Crippen LogP contribution >= 0.6 is 15.9 Å². The predicted octanol–water partition coefficient (Wildman–Crippen LogP) is 2.79. The maximum atomic E-state index is 12.7. The van der Waals surface area contributed by atoms with Crippen molar-refractivity contribution in [2.75, 3.05) is 6.54 Å². The second-order valence-electron chi connectivity index (χ2n) is 7.33. The number of halogens is 1. The molecule has 4 rings (SSSR count). The second kappa shape index (κ2) is 5.25. The second-order valence-corrected chi connectivity index (χ2v) is 9.02. The number of hydrogen-bond acceptors (Lipinski definition) is 3. The van der Waals surface area contributed by atoms with Gasteiger partial charge in [0.25, 0.3) is 5.91 Å². The summed E-state index contributed by atoms with van der Waals surface area (Å²) in [4.78, 5) is 24.5. The third-order valence-corrected chi connectivity index (χ3v) is 6.35. The summed E-state index contributed by atoms with van der Waals surface area (Å²) in [6.45, 7) is 4.08. The van der Waals surface area contributed by atoms with Crippen LogP contribution in [0.2, 0.25) is 0 Å². The van der Waals surface area contributed by atoms with E-state index in [0.29, 0.717) is 18.4 Å². The van der Waals surface area contributed by atoms with E-state index in [1.165, 1.54) is 19.3 Å². The highest BCUT2D eigenvalue weighted by Crippen LogP contribution is 2.64. The molecule has 4 aliphatic rings. The van der Waals surface area contributed by atoms with Gasteiger partial charge in [-0.05, 0) is 64.2 Å². The number of ether oxygens (including phenoxy) is 1. The van der Waals surface area contributed by atoms with Crippen LogP contribution in [0.5, 0.6) is 0 Å². The standard InChI is InChI=1S/C16H24BrNO3/c1-3-18-13(19)10(2)21-14(20)15-5-11-4-12(6-15)8-16(17,7-11)9-15/h10-12H,3-9H2,1-2H3,(H,18,19)/t10-,11-,12+,15?,16?/m0/s1. The molecule has 4 nitrogen and oxygen atoms in total. The Morgan fingerprint density at radius 2 is 1.90 bits per heavy atom. The smallest absolute Gasteiger partial charge is 0.312 e. The van der Waals surface area contributed by atoms with Gasteiger partial charge in [-0.15, -0.1) is 0 Å². The Kier molecular flexibility index (Phi) is 3.83. The Labute approximate surface area is 134 Å². The maximum Gasteiger partial charge on any atom is 0.312 e. The minimum atomic E-state index is -0.697. The molecule has 0 aromatic rings. The molecule has 1 N–H and O–H groups in total. The van der Waals surface area contributed by atoms with Crippen molar-refractivity contribution < 1.29 is 14.3 Å². The minimum absolute atomic E-state index is 0.130. The van der Waals surface area contributed by atoms with E-state index in [2.05, 4.69) is 21.2 Å². The van der Waals surface area contributed by atoms with Gasteiger partial charge >= 0.3 is 5.97 Å². The average molecular weight is 358 g/mol. The van der Waals surface area contributed by atoms with Crippen LogP contribution in [0.4, 0.5) is 0 Å². The van der Waals surface area contributed by atoms with Crippen molar-refractivity contribution in [2.45, 2.75) is 62.8 Å². The van der Waals surface area contributed by atoms with Gasteiger partial charge in [-0.25, -0.2) is 0 Å². The van der Waals surface area contributed by atoms with Gasteiger partial charge in [0.2, 0.25) is 0 Å². The molecule has 5 atom stereocenters. The molecule has 4 aliphatic carbocycles. The molecule has 0 aliphatic heterocycles. The first kappa shape index (κ1) is 15.3. The number of carbonyl (C=O) groups excluding carboxylic acids is 2. The van der Waals surface area contributed by atoms with Crippen molar-refractivity contribution >= 4 is 27.8 Å². The highest BCUT2D eigenvalue weighted by Gasteiger charge is 2.60. The largest absolute Gasteiger partial charge is 0.452 e. The van der Waals surface area contributed by atoms with Gasteiger partial charge in [-0.2, -0.15) is 0 Å². The Morgan fingerprint density at radius 1 is 1.29 bits per heavy atom. The van der Waals surface area contributed by atoms with E-state index in [4.69, 9.17) is 4.74 Å². The lowest BCUT2D eigenvalue weighted by Crippen LogP contribution is -2.56. The zero-order valence-corrected chi connectivity index (χ0v) is 14.4. The highest BCUT2D eigenvalue weighted by atomic mass is 79.9. The minimum Gasteiger partial charge on any atom is -0.452 e. The fraction of sp³-hybridized carbons (Fsp3) is 0.875. The molecule has 0 aromatic carbocycles. The molecule has 2 unspecified atom stereocenters. The van der Waals surface area contributed by atoms with E-state index >= 15 is 0 Å². The number of likely N-dealkylation sites (N-methyl/N-ethyl adjacent to an activating group) is 1. The van der Waals surface area contributed by atoms with Gasteiger partial charge in [-0.3, -0.25) is 9.59 Å². The van der Waals surface area contributed by atoms with Crippen molar-refractivity contribution in [1.29, 1.82) is 0 Å². The van der Waals surface area contributed by atoms with E-state index in [1.807, 2.05) is 6.92 Å². The first-order valence-electron chi connectivity index (χ1n) is 8.03. The van der Waals surface area contributed by atoms with Crippen LogP contribution in [0.25, 0.3) is 0 Å². The fourth-order valence-electron chi connectivity index (χ4n) is 5.05. The zero-order valence-electron chi connectivity index (χ0n) is 12.8. The Hall–Kier alpha value is -0.580. The summed E-state index contributed by atoms with van der Waals surface area (Å²) >= 11 is 3.89. The number of hydrogen-bond donors (Lipinski definition) is 1.